The van der Waals surface area contributed by atoms with Gasteiger partial charge in [0.1, 0.15) is 0 Å². The fourth-order valence-corrected chi connectivity index (χ4v) is 5.00. The van der Waals surface area contributed by atoms with Crippen LogP contribution in [0, 0.1) is 5.92 Å². The van der Waals surface area contributed by atoms with Crippen molar-refractivity contribution >= 4 is 28.4 Å². The summed E-state index contributed by atoms with van der Waals surface area (Å²) in [5.74, 6) is 2.16. The van der Waals surface area contributed by atoms with Crippen molar-refractivity contribution in [2.24, 2.45) is 5.92 Å². The highest BCUT2D eigenvalue weighted by atomic mass is 16.5. The lowest BCUT2D eigenvalue weighted by Gasteiger charge is -2.22. The van der Waals surface area contributed by atoms with E-state index in [2.05, 4.69) is 78.1 Å². The Morgan fingerprint density at radius 3 is 2.61 bits per heavy atom. The molecule has 1 fully saturated rings. The number of aromatic nitrogens is 5. The molecule has 3 aromatic heterocycles. The van der Waals surface area contributed by atoms with E-state index in [1.165, 1.54) is 0 Å². The number of pyridine rings is 1. The monoisotopic (exact) mass is 507 g/mol. The Labute approximate surface area is 222 Å². The summed E-state index contributed by atoms with van der Waals surface area (Å²) in [7, 11) is 0. The molecule has 0 radical (unpaired) electrons. The average Bonchev–Trinajstić information content (AvgIpc) is 3.40. The average molecular weight is 508 g/mol. The number of hydrogen-bond donors (Lipinski definition) is 2. The van der Waals surface area contributed by atoms with Gasteiger partial charge < -0.3 is 15.4 Å². The van der Waals surface area contributed by atoms with Crippen molar-refractivity contribution in [3.8, 4) is 11.3 Å². The van der Waals surface area contributed by atoms with E-state index in [1.807, 2.05) is 22.8 Å². The maximum atomic E-state index is 5.51. The van der Waals surface area contributed by atoms with Gasteiger partial charge in [0.2, 0.25) is 11.9 Å². The summed E-state index contributed by atoms with van der Waals surface area (Å²) >= 11 is 0. The lowest BCUT2D eigenvalue weighted by atomic mass is 10.0. The number of hydrogen-bond acceptors (Lipinski definition) is 7. The Bertz CT molecular complexity index is 1560. The minimum Gasteiger partial charge on any atom is -0.381 e. The maximum Gasteiger partial charge on any atom is 0.229 e. The van der Waals surface area contributed by atoms with E-state index < -0.39 is 0 Å². The summed E-state index contributed by atoms with van der Waals surface area (Å²) in [6.07, 6.45) is 4.02. The van der Waals surface area contributed by atoms with Gasteiger partial charge in [0, 0.05) is 42.8 Å². The van der Waals surface area contributed by atoms with Crippen LogP contribution in [0.5, 0.6) is 0 Å². The van der Waals surface area contributed by atoms with Crippen LogP contribution in [0.1, 0.15) is 43.7 Å². The molecule has 4 heterocycles. The van der Waals surface area contributed by atoms with Crippen molar-refractivity contribution in [2.75, 3.05) is 30.4 Å². The van der Waals surface area contributed by atoms with Crippen LogP contribution in [-0.4, -0.2) is 44.3 Å². The van der Waals surface area contributed by atoms with E-state index in [-0.39, 0.29) is 0 Å². The highest BCUT2D eigenvalue weighted by Crippen LogP contribution is 2.27. The zero-order valence-electron chi connectivity index (χ0n) is 21.9. The van der Waals surface area contributed by atoms with E-state index in [4.69, 9.17) is 19.7 Å². The van der Waals surface area contributed by atoms with Crippen LogP contribution >= 0.6 is 0 Å². The Balaban J connectivity index is 1.29. The predicted molar refractivity (Wildman–Crippen MR) is 151 cm³/mol. The number of anilines is 2. The van der Waals surface area contributed by atoms with Gasteiger partial charge in [-0.25, -0.2) is 4.98 Å². The van der Waals surface area contributed by atoms with Gasteiger partial charge in [0.15, 0.2) is 5.65 Å². The lowest BCUT2D eigenvalue weighted by Crippen LogP contribution is -2.23. The van der Waals surface area contributed by atoms with Crippen LogP contribution in [0.15, 0.2) is 66.9 Å². The van der Waals surface area contributed by atoms with Crippen LogP contribution in [0.2, 0.25) is 0 Å². The zero-order valence-corrected chi connectivity index (χ0v) is 21.9. The first-order valence-electron chi connectivity index (χ1n) is 13.4. The SMILES string of the molecule is CC(C)c1cnn2c(NCc3ccccc3-c3ccc4ccccc4n3)nc(NCC3CCOCC3)nc12. The highest BCUT2D eigenvalue weighted by molar-refractivity contribution is 5.82. The first-order chi connectivity index (χ1) is 18.7. The summed E-state index contributed by atoms with van der Waals surface area (Å²) in [5, 5.41) is 12.8. The van der Waals surface area contributed by atoms with Gasteiger partial charge >= 0.3 is 0 Å². The van der Waals surface area contributed by atoms with Crippen molar-refractivity contribution in [2.45, 2.75) is 39.2 Å². The fourth-order valence-electron chi connectivity index (χ4n) is 5.00. The smallest absolute Gasteiger partial charge is 0.229 e. The largest absolute Gasteiger partial charge is 0.381 e. The Morgan fingerprint density at radius 1 is 0.921 bits per heavy atom. The van der Waals surface area contributed by atoms with Crippen LogP contribution in [0.3, 0.4) is 0 Å². The summed E-state index contributed by atoms with van der Waals surface area (Å²) in [5.41, 5.74) is 6.10. The zero-order chi connectivity index (χ0) is 25.9. The van der Waals surface area contributed by atoms with E-state index in [9.17, 15) is 0 Å². The van der Waals surface area contributed by atoms with Crippen molar-refractivity contribution < 1.29 is 4.74 Å². The van der Waals surface area contributed by atoms with Gasteiger partial charge in [0.05, 0.1) is 17.4 Å². The number of benzene rings is 2. The summed E-state index contributed by atoms with van der Waals surface area (Å²) in [6, 6.07) is 20.8. The third-order valence-corrected chi connectivity index (χ3v) is 7.24. The molecule has 0 atom stereocenters. The van der Waals surface area contributed by atoms with Gasteiger partial charge in [-0.05, 0) is 42.4 Å². The molecule has 194 valence electrons. The molecule has 0 bridgehead atoms. The van der Waals surface area contributed by atoms with Crippen LogP contribution < -0.4 is 10.6 Å². The topological polar surface area (TPSA) is 89.3 Å². The highest BCUT2D eigenvalue weighted by Gasteiger charge is 2.18. The standard InChI is InChI=1S/C30H33N7O/c1-20(2)25-19-33-37-28(25)35-29(31-17-21-13-15-38-16-14-21)36-30(37)32-18-23-8-3-5-9-24(23)27-12-11-22-7-4-6-10-26(22)34-27/h3-12,19-21H,13-18H2,1-2H3,(H2,31,32,35,36). The second kappa shape index (κ2) is 10.8. The Hall–Kier alpha value is -4.04. The van der Waals surface area contributed by atoms with Gasteiger partial charge in [0.25, 0.3) is 0 Å². The second-order valence-corrected chi connectivity index (χ2v) is 10.2. The fraction of sp³-hybridized carbons (Fsp3) is 0.333. The third-order valence-electron chi connectivity index (χ3n) is 7.24. The molecule has 0 amide bonds. The molecule has 1 saturated heterocycles. The molecule has 1 aliphatic rings. The molecule has 2 aromatic carbocycles. The van der Waals surface area contributed by atoms with Crippen LogP contribution in [0.4, 0.5) is 11.9 Å². The minimum absolute atomic E-state index is 0.304. The van der Waals surface area contributed by atoms with Gasteiger partial charge in [-0.3, -0.25) is 0 Å². The Kier molecular flexibility index (Phi) is 6.88. The van der Waals surface area contributed by atoms with Crippen molar-refractivity contribution in [3.63, 3.8) is 0 Å². The van der Waals surface area contributed by atoms with E-state index >= 15 is 0 Å². The molecule has 0 spiro atoms. The van der Waals surface area contributed by atoms with Gasteiger partial charge in [-0.2, -0.15) is 19.6 Å². The normalized spacial score (nSPS) is 14.4. The summed E-state index contributed by atoms with van der Waals surface area (Å²) < 4.78 is 7.32. The quantitative estimate of drug-likeness (QED) is 0.270. The van der Waals surface area contributed by atoms with Crippen molar-refractivity contribution in [3.05, 3.63) is 78.0 Å². The van der Waals surface area contributed by atoms with Gasteiger partial charge in [-0.15, -0.1) is 0 Å². The molecule has 0 unspecified atom stereocenters. The van der Waals surface area contributed by atoms with E-state index in [1.54, 1.807) is 0 Å². The van der Waals surface area contributed by atoms with E-state index in [0.717, 1.165) is 71.5 Å². The molecule has 2 N–H and O–H groups in total. The number of nitrogens with zero attached hydrogens (tertiary/aromatic N) is 5. The maximum absolute atomic E-state index is 5.51. The number of nitrogens with one attached hydrogen (secondary N) is 2. The Morgan fingerprint density at radius 2 is 1.74 bits per heavy atom. The molecule has 0 aliphatic carbocycles. The first-order valence-corrected chi connectivity index (χ1v) is 13.4. The number of rotatable bonds is 8. The molecule has 1 aliphatic heterocycles. The summed E-state index contributed by atoms with van der Waals surface area (Å²) in [6.45, 7) is 7.38. The van der Waals surface area contributed by atoms with Crippen molar-refractivity contribution in [1.29, 1.82) is 0 Å². The number of para-hydroxylation sites is 1. The van der Waals surface area contributed by atoms with Crippen LogP contribution in [0.25, 0.3) is 27.8 Å². The molecule has 0 saturated carbocycles. The molecular formula is C30H33N7O. The molecule has 8 heteroatoms. The number of fused-ring (bicyclic) bond motifs is 2. The number of ether oxygens (including phenoxy) is 1. The minimum atomic E-state index is 0.304. The molecule has 38 heavy (non-hydrogen) atoms. The molecule has 5 aromatic rings. The van der Waals surface area contributed by atoms with Crippen molar-refractivity contribution in [1.82, 2.24) is 24.6 Å². The summed E-state index contributed by atoms with van der Waals surface area (Å²) in [4.78, 5) is 14.6. The second-order valence-electron chi connectivity index (χ2n) is 10.2. The van der Waals surface area contributed by atoms with Gasteiger partial charge in [-0.1, -0.05) is 62.4 Å². The molecular weight excluding hydrogens is 474 g/mol. The third kappa shape index (κ3) is 5.04. The first kappa shape index (κ1) is 24.3. The molecule has 6 rings (SSSR count). The van der Waals surface area contributed by atoms with Crippen LogP contribution in [-0.2, 0) is 11.3 Å². The molecule has 8 nitrogen and oxygen atoms in total. The lowest BCUT2D eigenvalue weighted by molar-refractivity contribution is 0.0699. The predicted octanol–water partition coefficient (Wildman–Crippen LogP) is 5.91. The van der Waals surface area contributed by atoms with E-state index in [0.29, 0.717) is 30.3 Å².